The van der Waals surface area contributed by atoms with Crippen LogP contribution in [0.1, 0.15) is 46.6 Å². The van der Waals surface area contributed by atoms with Crippen molar-refractivity contribution in [3.63, 3.8) is 0 Å². The first-order chi connectivity index (χ1) is 15.1. The molecule has 0 unspecified atom stereocenters. The summed E-state index contributed by atoms with van der Waals surface area (Å²) in [6.45, 7) is 10.4. The predicted molar refractivity (Wildman–Crippen MR) is 125 cm³/mol. The van der Waals surface area contributed by atoms with E-state index >= 15 is 0 Å². The Morgan fingerprint density at radius 1 is 0.969 bits per heavy atom. The first-order valence-corrected chi connectivity index (χ1v) is 10.8. The van der Waals surface area contributed by atoms with Crippen LogP contribution in [0.3, 0.4) is 0 Å². The molecule has 0 bridgehead atoms. The highest BCUT2D eigenvalue weighted by Crippen LogP contribution is 2.35. The minimum Gasteiger partial charge on any atom is -0.497 e. The van der Waals surface area contributed by atoms with Gasteiger partial charge < -0.3 is 24.8 Å². The van der Waals surface area contributed by atoms with Crippen LogP contribution < -0.4 is 20.1 Å². The van der Waals surface area contributed by atoms with Crippen LogP contribution in [-0.4, -0.2) is 31.4 Å². The first-order valence-electron chi connectivity index (χ1n) is 10.8. The molecule has 32 heavy (non-hydrogen) atoms. The summed E-state index contributed by atoms with van der Waals surface area (Å²) >= 11 is 0. The molecule has 0 heterocycles. The Morgan fingerprint density at radius 2 is 1.69 bits per heavy atom. The zero-order valence-electron chi connectivity index (χ0n) is 19.8. The highest BCUT2D eigenvalue weighted by atomic mass is 16.6. The van der Waals surface area contributed by atoms with Gasteiger partial charge in [0.2, 0.25) is 0 Å². The third kappa shape index (κ3) is 8.13. The largest absolute Gasteiger partial charge is 0.497 e. The van der Waals surface area contributed by atoms with Gasteiger partial charge in [0, 0.05) is 24.7 Å². The van der Waals surface area contributed by atoms with Crippen LogP contribution in [-0.2, 0) is 11.3 Å². The average Bonchev–Trinajstić information content (AvgIpc) is 2.71. The Hall–Kier alpha value is -3.22. The fourth-order valence-corrected chi connectivity index (χ4v) is 2.95. The molecule has 2 amide bonds. The van der Waals surface area contributed by atoms with Crippen LogP contribution in [0.5, 0.6) is 11.5 Å². The van der Waals surface area contributed by atoms with Crippen molar-refractivity contribution in [3.05, 3.63) is 48.0 Å². The highest BCUT2D eigenvalue weighted by Gasteiger charge is 2.18. The summed E-state index contributed by atoms with van der Waals surface area (Å²) in [6.07, 6.45) is -0.160. The molecule has 2 aromatic carbocycles. The van der Waals surface area contributed by atoms with E-state index in [9.17, 15) is 9.59 Å². The molecular weight excluding hydrogens is 408 g/mol. The SMILES string of the molecule is COc1ccc(-c2ccccc2CNC(=O)OC(C)(C)C)c(OC(=O)NCCC(C)C)c1. The molecule has 2 rings (SSSR count). The minimum atomic E-state index is -0.580. The lowest BCUT2D eigenvalue weighted by atomic mass is 9.98. The van der Waals surface area contributed by atoms with Crippen molar-refractivity contribution >= 4 is 12.2 Å². The van der Waals surface area contributed by atoms with E-state index in [1.54, 1.807) is 19.2 Å². The second-order valence-corrected chi connectivity index (χ2v) is 8.87. The molecule has 0 aliphatic carbocycles. The van der Waals surface area contributed by atoms with Gasteiger partial charge in [-0.3, -0.25) is 0 Å². The van der Waals surface area contributed by atoms with E-state index in [1.165, 1.54) is 0 Å². The first kappa shape index (κ1) is 25.0. The number of rotatable bonds is 8. The number of benzene rings is 2. The maximum atomic E-state index is 12.4. The number of hydrogen-bond donors (Lipinski definition) is 2. The highest BCUT2D eigenvalue weighted by molar-refractivity contribution is 5.79. The van der Waals surface area contributed by atoms with E-state index in [4.69, 9.17) is 14.2 Å². The van der Waals surface area contributed by atoms with E-state index in [-0.39, 0.29) is 6.54 Å². The maximum Gasteiger partial charge on any atom is 0.412 e. The number of hydrogen-bond acceptors (Lipinski definition) is 5. The number of methoxy groups -OCH3 is 1. The topological polar surface area (TPSA) is 85.9 Å². The lowest BCUT2D eigenvalue weighted by molar-refractivity contribution is 0.0523. The van der Waals surface area contributed by atoms with Gasteiger partial charge in [-0.05, 0) is 56.4 Å². The molecule has 0 fully saturated rings. The summed E-state index contributed by atoms with van der Waals surface area (Å²) in [7, 11) is 1.56. The molecule has 0 spiro atoms. The number of ether oxygens (including phenoxy) is 3. The standard InChI is InChI=1S/C25H34N2O5/c1-17(2)13-14-26-23(28)31-22-15-19(30-6)11-12-21(22)20-10-8-7-9-18(20)16-27-24(29)32-25(3,4)5/h7-12,15,17H,13-14,16H2,1-6H3,(H,26,28)(H,27,29). The summed E-state index contributed by atoms with van der Waals surface area (Å²) in [4.78, 5) is 24.5. The molecule has 0 atom stereocenters. The lowest BCUT2D eigenvalue weighted by Crippen LogP contribution is -2.32. The molecular formula is C25H34N2O5. The number of alkyl carbamates (subject to hydrolysis) is 1. The van der Waals surface area contributed by atoms with Crippen LogP contribution in [0.25, 0.3) is 11.1 Å². The van der Waals surface area contributed by atoms with E-state index in [0.717, 1.165) is 17.5 Å². The Morgan fingerprint density at radius 3 is 2.34 bits per heavy atom. The van der Waals surface area contributed by atoms with E-state index in [0.29, 0.717) is 29.5 Å². The molecule has 174 valence electrons. The fraction of sp³-hybridized carbons (Fsp3) is 0.440. The van der Waals surface area contributed by atoms with E-state index in [2.05, 4.69) is 24.5 Å². The molecule has 0 saturated carbocycles. The normalized spacial score (nSPS) is 11.1. The van der Waals surface area contributed by atoms with Gasteiger partial charge in [-0.25, -0.2) is 9.59 Å². The molecule has 7 nitrogen and oxygen atoms in total. The van der Waals surface area contributed by atoms with Gasteiger partial charge in [-0.15, -0.1) is 0 Å². The molecule has 2 aromatic rings. The Kier molecular flexibility index (Phi) is 8.93. The number of carbonyl (C=O) groups is 2. The fourth-order valence-electron chi connectivity index (χ4n) is 2.95. The van der Waals surface area contributed by atoms with Crippen LogP contribution in [0.2, 0.25) is 0 Å². The van der Waals surface area contributed by atoms with Gasteiger partial charge in [0.15, 0.2) is 0 Å². The Bertz CT molecular complexity index is 919. The molecule has 0 aliphatic heterocycles. The lowest BCUT2D eigenvalue weighted by Gasteiger charge is -2.20. The number of carbonyl (C=O) groups excluding carboxylic acids is 2. The van der Waals surface area contributed by atoms with Gasteiger partial charge in [-0.1, -0.05) is 38.1 Å². The molecule has 2 N–H and O–H groups in total. The van der Waals surface area contributed by atoms with Gasteiger partial charge in [0.1, 0.15) is 17.1 Å². The molecule has 0 saturated heterocycles. The smallest absolute Gasteiger partial charge is 0.412 e. The third-order valence-corrected chi connectivity index (χ3v) is 4.51. The van der Waals surface area contributed by atoms with Crippen molar-refractivity contribution in [3.8, 4) is 22.6 Å². The van der Waals surface area contributed by atoms with Gasteiger partial charge in [0.05, 0.1) is 7.11 Å². The van der Waals surface area contributed by atoms with Crippen molar-refractivity contribution in [2.75, 3.05) is 13.7 Å². The minimum absolute atomic E-state index is 0.261. The van der Waals surface area contributed by atoms with Gasteiger partial charge >= 0.3 is 12.2 Å². The number of amides is 2. The van der Waals surface area contributed by atoms with Crippen LogP contribution >= 0.6 is 0 Å². The molecule has 7 heteroatoms. The third-order valence-electron chi connectivity index (χ3n) is 4.51. The predicted octanol–water partition coefficient (Wildman–Crippen LogP) is 5.52. The Labute approximate surface area is 190 Å². The van der Waals surface area contributed by atoms with Crippen LogP contribution in [0.15, 0.2) is 42.5 Å². The Balaban J connectivity index is 2.25. The molecule has 0 aliphatic rings. The second-order valence-electron chi connectivity index (χ2n) is 8.87. The second kappa shape index (κ2) is 11.4. The maximum absolute atomic E-state index is 12.4. The monoisotopic (exact) mass is 442 g/mol. The average molecular weight is 443 g/mol. The van der Waals surface area contributed by atoms with Crippen molar-refractivity contribution in [2.24, 2.45) is 5.92 Å². The summed E-state index contributed by atoms with van der Waals surface area (Å²) < 4.78 is 16.3. The van der Waals surface area contributed by atoms with Gasteiger partial charge in [-0.2, -0.15) is 0 Å². The number of nitrogens with one attached hydrogen (secondary N) is 2. The summed E-state index contributed by atoms with van der Waals surface area (Å²) in [5, 5.41) is 5.56. The summed E-state index contributed by atoms with van der Waals surface area (Å²) in [5.41, 5.74) is 1.82. The van der Waals surface area contributed by atoms with Crippen LogP contribution in [0, 0.1) is 5.92 Å². The van der Waals surface area contributed by atoms with Crippen molar-refractivity contribution in [1.82, 2.24) is 10.6 Å². The summed E-state index contributed by atoms with van der Waals surface area (Å²) in [6, 6.07) is 12.9. The van der Waals surface area contributed by atoms with Crippen molar-refractivity contribution < 1.29 is 23.8 Å². The zero-order valence-corrected chi connectivity index (χ0v) is 19.8. The van der Waals surface area contributed by atoms with E-state index < -0.39 is 17.8 Å². The molecule has 0 aromatic heterocycles. The van der Waals surface area contributed by atoms with Crippen molar-refractivity contribution in [2.45, 2.75) is 53.2 Å². The summed E-state index contributed by atoms with van der Waals surface area (Å²) in [5.74, 6) is 1.42. The zero-order chi connectivity index (χ0) is 23.7. The van der Waals surface area contributed by atoms with Crippen LogP contribution in [0.4, 0.5) is 9.59 Å². The molecule has 0 radical (unpaired) electrons. The van der Waals surface area contributed by atoms with E-state index in [1.807, 2.05) is 51.1 Å². The van der Waals surface area contributed by atoms with Gasteiger partial charge in [0.25, 0.3) is 0 Å². The van der Waals surface area contributed by atoms with Crippen molar-refractivity contribution in [1.29, 1.82) is 0 Å². The quantitative estimate of drug-likeness (QED) is 0.562.